The first-order chi connectivity index (χ1) is 15.1. The molecule has 0 saturated carbocycles. The van der Waals surface area contributed by atoms with Gasteiger partial charge in [0.05, 0.1) is 0 Å². The molecule has 32 heavy (non-hydrogen) atoms. The van der Waals surface area contributed by atoms with Crippen molar-refractivity contribution in [3.8, 4) is 0 Å². The Morgan fingerprint density at radius 3 is 1.66 bits per heavy atom. The molecule has 12 rings (SSSR count). The summed E-state index contributed by atoms with van der Waals surface area (Å²) in [5.74, 6) is 0. The molecule has 10 aliphatic rings. The van der Waals surface area contributed by atoms with Gasteiger partial charge in [0.15, 0.2) is 0 Å². The Balaban J connectivity index is 1.19. The molecule has 2 aromatic rings. The Hall–Kier alpha value is -0.381. The van der Waals surface area contributed by atoms with Crippen LogP contribution in [0.3, 0.4) is 0 Å². The fourth-order valence-corrected chi connectivity index (χ4v) is 119. The molecule has 4 heteroatoms. The molecule has 0 aromatic heterocycles. The van der Waals surface area contributed by atoms with Gasteiger partial charge >= 0.3 is 183 Å². The van der Waals surface area contributed by atoms with Crippen LogP contribution >= 0.6 is 15.7 Å². The number of benzene rings is 2. The molecule has 5 unspecified atom stereocenters. The Morgan fingerprint density at radius 1 is 0.812 bits per heavy atom. The normalized spacial score (nSPS) is 73.8. The van der Waals surface area contributed by atoms with E-state index in [0.29, 0.717) is 8.37 Å². The standard InChI is InChI=1S/C23H27OP2.C5H5.Fe/c1-18(21-16-11-17-22(21)26(24)23(2,3)4)25(19-12-7-5-8-13-19)20-14-9-6-10-15-20;1-2-4-5-3-1;/h5-18,26H,1-4H3;1-5H;/t18-;;/m0../s1. The van der Waals surface area contributed by atoms with Gasteiger partial charge in [-0.1, -0.05) is 0 Å². The summed E-state index contributed by atoms with van der Waals surface area (Å²) in [4.78, 5) is 9.51. The summed E-state index contributed by atoms with van der Waals surface area (Å²) in [5.41, 5.74) is 0.739. The van der Waals surface area contributed by atoms with Crippen molar-refractivity contribution in [2.45, 2.75) is 85.4 Å². The van der Waals surface area contributed by atoms with E-state index in [1.807, 2.05) is 0 Å². The SMILES string of the molecule is C[C@H](P(c1ccccc1)c1ccccc1)[C]12[CH]3[CH]4[CH]5[C@@]1([PH](=O)C(C)(C)C)[Fe]43521678[CH]2[CH]1[CH]6[CH]7[CH]28. The van der Waals surface area contributed by atoms with E-state index in [0.717, 1.165) is 10.5 Å². The van der Waals surface area contributed by atoms with E-state index in [2.05, 4.69) is 88.4 Å². The molecular formula is C28H32FeOP2. The fourth-order valence-electron chi connectivity index (χ4n) is 21.1. The quantitative estimate of drug-likeness (QED) is 0.305. The third-order valence-electron chi connectivity index (χ3n) is 19.1. The summed E-state index contributed by atoms with van der Waals surface area (Å²) in [7, 11) is -2.00. The van der Waals surface area contributed by atoms with Crippen LogP contribution in [0.5, 0.6) is 0 Å². The first kappa shape index (κ1) is 16.3. The Kier molecular flexibility index (Phi) is 1.10. The van der Waals surface area contributed by atoms with Crippen LogP contribution in [0.15, 0.2) is 60.7 Å². The molecule has 2 aromatic carbocycles. The third kappa shape index (κ3) is 0.326. The number of fused-ring (bicyclic) bond motifs is 10. The Bertz CT molecular complexity index is 1680. The second-order valence-corrected chi connectivity index (χ2v) is 45.3. The van der Waals surface area contributed by atoms with Crippen LogP contribution in [0.1, 0.15) is 27.7 Å². The Labute approximate surface area is 183 Å². The summed E-state index contributed by atoms with van der Waals surface area (Å²) in [6, 6.07) is 23.0. The van der Waals surface area contributed by atoms with Crippen molar-refractivity contribution in [3.05, 3.63) is 60.7 Å². The van der Waals surface area contributed by atoms with Crippen molar-refractivity contribution >= 4 is 26.3 Å². The molecule has 0 bridgehead atoms. The van der Waals surface area contributed by atoms with Crippen LogP contribution < -0.4 is 10.6 Å². The zero-order chi connectivity index (χ0) is 21.4. The molecule has 0 radical (unpaired) electrons. The van der Waals surface area contributed by atoms with E-state index in [4.69, 9.17) is 0 Å². The molecule has 1 spiro atoms. The number of hydrogen-bond acceptors (Lipinski definition) is 1. The first-order valence-corrected chi connectivity index (χ1v) is 21.8. The predicted molar refractivity (Wildman–Crippen MR) is 133 cm³/mol. The van der Waals surface area contributed by atoms with Crippen LogP contribution in [-0.4, -0.2) is 14.9 Å². The number of hydrogen-bond donors (Lipinski definition) is 0. The minimum atomic E-state index is -3.75. The van der Waals surface area contributed by atoms with Crippen molar-refractivity contribution < 1.29 is 11.1 Å². The van der Waals surface area contributed by atoms with E-state index in [9.17, 15) is 4.57 Å². The van der Waals surface area contributed by atoms with Gasteiger partial charge in [0.2, 0.25) is 0 Å². The number of rotatable bonds is 5. The Morgan fingerprint density at radius 2 is 1.28 bits per heavy atom. The van der Waals surface area contributed by atoms with E-state index < -0.39 is 22.2 Å². The predicted octanol–water partition coefficient (Wildman–Crippen LogP) is 7.53. The molecule has 0 amide bonds. The van der Waals surface area contributed by atoms with Crippen LogP contribution in [-0.2, 0) is 11.1 Å². The van der Waals surface area contributed by atoms with Crippen molar-refractivity contribution in [2.24, 2.45) is 0 Å². The van der Waals surface area contributed by atoms with Crippen LogP contribution in [0.25, 0.3) is 0 Å². The average molecular weight is 502 g/mol. The fraction of sp³-hybridized carbons (Fsp3) is 0.571. The molecule has 10 heterocycles. The zero-order valence-electron chi connectivity index (χ0n) is 19.2. The average Bonchev–Trinajstić information content (AvgIpc) is 3.73. The van der Waals surface area contributed by atoms with E-state index in [-0.39, 0.29) is 5.16 Å². The van der Waals surface area contributed by atoms with Gasteiger partial charge in [-0.15, -0.1) is 0 Å². The summed E-state index contributed by atoms with van der Waals surface area (Å²) >= 11 is 0. The van der Waals surface area contributed by atoms with Crippen LogP contribution in [0.4, 0.5) is 0 Å². The van der Waals surface area contributed by atoms with E-state index in [1.54, 1.807) is 10.6 Å². The van der Waals surface area contributed by atoms with Crippen LogP contribution in [0, 0.1) is 0 Å². The molecular weight excluding hydrogens is 470 g/mol. The molecule has 10 saturated heterocycles. The maximum atomic E-state index is 14.9. The molecule has 1 nitrogen and oxygen atoms in total. The molecule has 0 aliphatic carbocycles. The molecule has 168 valence electrons. The van der Waals surface area contributed by atoms with E-state index in [1.165, 1.54) is 33.7 Å². The monoisotopic (exact) mass is 502 g/mol. The van der Waals surface area contributed by atoms with Gasteiger partial charge < -0.3 is 0 Å². The summed E-state index contributed by atoms with van der Waals surface area (Å²) in [6.45, 7) is 5.98. The van der Waals surface area contributed by atoms with Crippen molar-refractivity contribution in [3.63, 3.8) is 0 Å². The summed E-state index contributed by atoms with van der Waals surface area (Å²) in [6.07, 6.45) is 0. The van der Waals surface area contributed by atoms with Gasteiger partial charge in [-0.25, -0.2) is 0 Å². The van der Waals surface area contributed by atoms with Gasteiger partial charge in [0, 0.05) is 0 Å². The van der Waals surface area contributed by atoms with Gasteiger partial charge in [0.1, 0.15) is 0 Å². The second kappa shape index (κ2) is 2.16. The van der Waals surface area contributed by atoms with Crippen LogP contribution in [0.2, 0.25) is 42.8 Å². The van der Waals surface area contributed by atoms with E-state index >= 15 is 0 Å². The first-order valence-electron chi connectivity index (χ1n) is 12.7. The van der Waals surface area contributed by atoms with Crippen molar-refractivity contribution in [1.82, 2.24) is 0 Å². The minimum absolute atomic E-state index is 0.0253. The third-order valence-corrected chi connectivity index (χ3v) is 72.8. The summed E-state index contributed by atoms with van der Waals surface area (Å²) < 4.78 is 15.9. The van der Waals surface area contributed by atoms with Gasteiger partial charge in [-0.2, -0.15) is 0 Å². The molecule has 7 atom stereocenters. The second-order valence-electron chi connectivity index (χ2n) is 16.1. The summed E-state index contributed by atoms with van der Waals surface area (Å²) in [5, 5.41) is 3.17. The molecule has 10 fully saturated rings. The van der Waals surface area contributed by atoms with Crippen molar-refractivity contribution in [2.75, 3.05) is 0 Å². The van der Waals surface area contributed by atoms with Crippen molar-refractivity contribution in [1.29, 1.82) is 0 Å². The van der Waals surface area contributed by atoms with Gasteiger partial charge in [-0.05, 0) is 0 Å². The molecule has 0 N–H and O–H groups in total. The topological polar surface area (TPSA) is 17.1 Å². The maximum absolute atomic E-state index is 14.9. The van der Waals surface area contributed by atoms with Gasteiger partial charge in [-0.3, -0.25) is 0 Å². The molecule has 10 aliphatic heterocycles. The van der Waals surface area contributed by atoms with Gasteiger partial charge in [0.25, 0.3) is 0 Å². The zero-order valence-corrected chi connectivity index (χ0v) is 22.2.